The number of aliphatic hydroxyl groups is 1. The molecule has 0 aromatic rings. The van der Waals surface area contributed by atoms with Crippen molar-refractivity contribution in [3.8, 4) is 0 Å². The molecule has 0 heterocycles. The Morgan fingerprint density at radius 1 is 1.38 bits per heavy atom. The first kappa shape index (κ1) is 13.9. The first-order chi connectivity index (χ1) is 7.60. The van der Waals surface area contributed by atoms with Gasteiger partial charge in [-0.2, -0.15) is 0 Å². The number of rotatable bonds is 6. The molecule has 1 fully saturated rings. The SMILES string of the molecule is COCC(CO)NS(=O)(=O)C1CCCCC1. The van der Waals surface area contributed by atoms with E-state index in [1.165, 1.54) is 7.11 Å². The van der Waals surface area contributed by atoms with Gasteiger partial charge in [0.15, 0.2) is 0 Å². The summed E-state index contributed by atoms with van der Waals surface area (Å²) in [6, 6.07) is -0.531. The molecule has 1 aliphatic carbocycles. The lowest BCUT2D eigenvalue weighted by Gasteiger charge is -2.24. The molecule has 0 saturated heterocycles. The van der Waals surface area contributed by atoms with E-state index in [1.54, 1.807) is 0 Å². The fourth-order valence-electron chi connectivity index (χ4n) is 2.03. The van der Waals surface area contributed by atoms with Crippen LogP contribution in [0.5, 0.6) is 0 Å². The number of nitrogens with one attached hydrogen (secondary N) is 1. The predicted molar refractivity (Wildman–Crippen MR) is 61.7 cm³/mol. The molecule has 0 aliphatic heterocycles. The van der Waals surface area contributed by atoms with Gasteiger partial charge >= 0.3 is 0 Å². The molecule has 0 amide bonds. The van der Waals surface area contributed by atoms with Crippen LogP contribution >= 0.6 is 0 Å². The third-order valence-corrected chi connectivity index (χ3v) is 4.92. The van der Waals surface area contributed by atoms with Crippen molar-refractivity contribution in [2.24, 2.45) is 0 Å². The molecule has 1 rings (SSSR count). The highest BCUT2D eigenvalue weighted by molar-refractivity contribution is 7.90. The lowest BCUT2D eigenvalue weighted by atomic mass is 10.0. The Morgan fingerprint density at radius 2 is 2.00 bits per heavy atom. The van der Waals surface area contributed by atoms with E-state index in [9.17, 15) is 8.42 Å². The fourth-order valence-corrected chi connectivity index (χ4v) is 3.78. The second-order valence-corrected chi connectivity index (χ2v) is 6.25. The zero-order valence-electron chi connectivity index (χ0n) is 9.68. The standard InChI is InChI=1S/C10H21NO4S/c1-15-8-9(7-12)11-16(13,14)10-5-3-2-4-6-10/h9-12H,2-8H2,1H3. The highest BCUT2D eigenvalue weighted by Gasteiger charge is 2.29. The molecule has 0 radical (unpaired) electrons. The summed E-state index contributed by atoms with van der Waals surface area (Å²) < 4.78 is 31.3. The van der Waals surface area contributed by atoms with Gasteiger partial charge in [0.1, 0.15) is 0 Å². The summed E-state index contributed by atoms with van der Waals surface area (Å²) in [6.07, 6.45) is 4.51. The summed E-state index contributed by atoms with van der Waals surface area (Å²) in [5.74, 6) is 0. The molecule has 16 heavy (non-hydrogen) atoms. The summed E-state index contributed by atoms with van der Waals surface area (Å²) in [6.45, 7) is -0.0394. The summed E-state index contributed by atoms with van der Waals surface area (Å²) >= 11 is 0. The van der Waals surface area contributed by atoms with E-state index in [-0.39, 0.29) is 18.5 Å². The molecule has 1 aliphatic rings. The quantitative estimate of drug-likeness (QED) is 0.709. The molecule has 0 aromatic heterocycles. The van der Waals surface area contributed by atoms with E-state index in [2.05, 4.69) is 4.72 Å². The largest absolute Gasteiger partial charge is 0.395 e. The van der Waals surface area contributed by atoms with Gasteiger partial charge in [-0.3, -0.25) is 0 Å². The molecule has 0 aromatic carbocycles. The molecule has 96 valence electrons. The number of ether oxygens (including phenoxy) is 1. The van der Waals surface area contributed by atoms with E-state index >= 15 is 0 Å². The summed E-state index contributed by atoms with van der Waals surface area (Å²) in [4.78, 5) is 0. The van der Waals surface area contributed by atoms with Crippen LogP contribution in [0.2, 0.25) is 0 Å². The van der Waals surface area contributed by atoms with Crippen LogP contribution in [0.1, 0.15) is 32.1 Å². The zero-order valence-corrected chi connectivity index (χ0v) is 10.5. The minimum absolute atomic E-state index is 0.197. The van der Waals surface area contributed by atoms with Gasteiger partial charge in [-0.25, -0.2) is 13.1 Å². The van der Waals surface area contributed by atoms with Gasteiger partial charge in [-0.05, 0) is 12.8 Å². The third kappa shape index (κ3) is 4.01. The Morgan fingerprint density at radius 3 is 2.50 bits per heavy atom. The first-order valence-corrected chi connectivity index (χ1v) is 7.25. The van der Waals surface area contributed by atoms with E-state index in [0.29, 0.717) is 0 Å². The molecule has 5 nitrogen and oxygen atoms in total. The number of hydrogen-bond donors (Lipinski definition) is 2. The number of hydrogen-bond acceptors (Lipinski definition) is 4. The molecule has 1 saturated carbocycles. The average Bonchev–Trinajstić information content (AvgIpc) is 2.29. The van der Waals surface area contributed by atoms with Crippen molar-refractivity contribution in [2.45, 2.75) is 43.4 Å². The highest BCUT2D eigenvalue weighted by Crippen LogP contribution is 2.23. The zero-order chi connectivity index (χ0) is 12.0. The van der Waals surface area contributed by atoms with E-state index in [1.807, 2.05) is 0 Å². The Hall–Kier alpha value is -0.170. The number of sulfonamides is 1. The van der Waals surface area contributed by atoms with E-state index in [4.69, 9.17) is 9.84 Å². The molecular weight excluding hydrogens is 230 g/mol. The van der Waals surface area contributed by atoms with Crippen LogP contribution in [0.15, 0.2) is 0 Å². The minimum atomic E-state index is -3.31. The molecular formula is C10H21NO4S. The minimum Gasteiger partial charge on any atom is -0.395 e. The number of methoxy groups -OCH3 is 1. The highest BCUT2D eigenvalue weighted by atomic mass is 32.2. The van der Waals surface area contributed by atoms with Gasteiger partial charge in [0.25, 0.3) is 0 Å². The maximum Gasteiger partial charge on any atom is 0.214 e. The normalized spacial score (nSPS) is 20.9. The van der Waals surface area contributed by atoms with Crippen molar-refractivity contribution >= 4 is 10.0 Å². The van der Waals surface area contributed by atoms with E-state index in [0.717, 1.165) is 32.1 Å². The molecule has 1 atom stereocenters. The smallest absolute Gasteiger partial charge is 0.214 e. The van der Waals surface area contributed by atoms with Crippen molar-refractivity contribution in [2.75, 3.05) is 20.3 Å². The van der Waals surface area contributed by atoms with Gasteiger partial charge in [-0.1, -0.05) is 19.3 Å². The van der Waals surface area contributed by atoms with Gasteiger partial charge in [0.05, 0.1) is 24.5 Å². The average molecular weight is 251 g/mol. The van der Waals surface area contributed by atoms with Crippen molar-refractivity contribution in [1.82, 2.24) is 4.72 Å². The molecule has 0 bridgehead atoms. The van der Waals surface area contributed by atoms with Gasteiger partial charge in [-0.15, -0.1) is 0 Å². The van der Waals surface area contributed by atoms with Gasteiger partial charge in [0.2, 0.25) is 10.0 Å². The molecule has 2 N–H and O–H groups in total. The Balaban J connectivity index is 2.54. The van der Waals surface area contributed by atoms with E-state index < -0.39 is 16.1 Å². The van der Waals surface area contributed by atoms with Gasteiger partial charge < -0.3 is 9.84 Å². The number of aliphatic hydroxyl groups excluding tert-OH is 1. The summed E-state index contributed by atoms with van der Waals surface area (Å²) in [5.41, 5.74) is 0. The summed E-state index contributed by atoms with van der Waals surface area (Å²) in [7, 11) is -1.82. The van der Waals surface area contributed by atoms with Crippen LogP contribution in [0.25, 0.3) is 0 Å². The van der Waals surface area contributed by atoms with Crippen molar-refractivity contribution in [3.05, 3.63) is 0 Å². The monoisotopic (exact) mass is 251 g/mol. The topological polar surface area (TPSA) is 75.6 Å². The Bertz CT molecular complexity index is 285. The van der Waals surface area contributed by atoms with Crippen LogP contribution in [-0.4, -0.2) is 45.1 Å². The van der Waals surface area contributed by atoms with Crippen LogP contribution in [0.4, 0.5) is 0 Å². The van der Waals surface area contributed by atoms with Crippen LogP contribution < -0.4 is 4.72 Å². The second kappa shape index (κ2) is 6.54. The lowest BCUT2D eigenvalue weighted by Crippen LogP contribution is -2.45. The third-order valence-electron chi connectivity index (χ3n) is 2.91. The van der Waals surface area contributed by atoms with Crippen LogP contribution in [-0.2, 0) is 14.8 Å². The second-order valence-electron chi connectivity index (χ2n) is 4.26. The van der Waals surface area contributed by atoms with Crippen molar-refractivity contribution in [1.29, 1.82) is 0 Å². The molecule has 6 heteroatoms. The summed E-state index contributed by atoms with van der Waals surface area (Å²) in [5, 5.41) is 8.71. The molecule has 1 unspecified atom stereocenters. The predicted octanol–water partition coefficient (Wildman–Crippen LogP) is 0.246. The van der Waals surface area contributed by atoms with Crippen LogP contribution in [0.3, 0.4) is 0 Å². The lowest BCUT2D eigenvalue weighted by molar-refractivity contribution is 0.138. The maximum absolute atomic E-state index is 12.0. The first-order valence-electron chi connectivity index (χ1n) is 5.71. The maximum atomic E-state index is 12.0. The molecule has 0 spiro atoms. The van der Waals surface area contributed by atoms with Crippen molar-refractivity contribution in [3.63, 3.8) is 0 Å². The van der Waals surface area contributed by atoms with Crippen LogP contribution in [0, 0.1) is 0 Å². The van der Waals surface area contributed by atoms with Crippen molar-refractivity contribution < 1.29 is 18.3 Å². The van der Waals surface area contributed by atoms with Gasteiger partial charge in [0, 0.05) is 7.11 Å². The Labute approximate surface area is 97.2 Å². The fraction of sp³-hybridized carbons (Fsp3) is 1.00. The Kier molecular flexibility index (Phi) is 5.68.